The number of aromatic nitrogens is 2. The van der Waals surface area contributed by atoms with Crippen molar-refractivity contribution in [3.8, 4) is 5.69 Å². The minimum atomic E-state index is -0.971. The molecule has 136 valence electrons. The number of allylic oxidation sites excluding steroid dienone is 1. The van der Waals surface area contributed by atoms with Gasteiger partial charge in [-0.05, 0) is 50.0 Å². The van der Waals surface area contributed by atoms with Gasteiger partial charge in [0.25, 0.3) is 5.91 Å². The highest BCUT2D eigenvalue weighted by molar-refractivity contribution is 6.01. The lowest BCUT2D eigenvalue weighted by Crippen LogP contribution is -2.17. The number of rotatable bonds is 5. The second-order valence-corrected chi connectivity index (χ2v) is 6.30. The minimum absolute atomic E-state index is 0.0614. The maximum Gasteiger partial charge on any atom is 0.256 e. The van der Waals surface area contributed by atoms with Crippen LogP contribution in [0.5, 0.6) is 0 Å². The lowest BCUT2D eigenvalue weighted by atomic mass is 10.1. The first-order valence-corrected chi connectivity index (χ1v) is 8.21. The Morgan fingerprint density at radius 2 is 2.04 bits per heavy atom. The van der Waals surface area contributed by atoms with Crippen LogP contribution >= 0.6 is 0 Å². The normalized spacial score (nSPS) is 16.6. The van der Waals surface area contributed by atoms with Gasteiger partial charge in [0.1, 0.15) is 5.84 Å². The quantitative estimate of drug-likeness (QED) is 0.632. The summed E-state index contributed by atoms with van der Waals surface area (Å²) in [7, 11) is 0. The maximum atomic E-state index is 13.3. The van der Waals surface area contributed by atoms with Gasteiger partial charge in [-0.3, -0.25) is 4.79 Å². The van der Waals surface area contributed by atoms with Gasteiger partial charge in [-0.15, -0.1) is 0 Å². The first-order valence-electron chi connectivity index (χ1n) is 8.21. The average Bonchev–Trinajstić information content (AvgIpc) is 3.34. The summed E-state index contributed by atoms with van der Waals surface area (Å²) in [5, 5.41) is 4.24. The molecule has 1 aliphatic rings. The van der Waals surface area contributed by atoms with Crippen LogP contribution in [-0.4, -0.2) is 21.5 Å². The summed E-state index contributed by atoms with van der Waals surface area (Å²) in [4.78, 5) is 16.1. The maximum absolute atomic E-state index is 13.3. The lowest BCUT2D eigenvalue weighted by molar-refractivity contribution is -0.118. The standard InChI is InChI=1S/C18H19F2N5O/c1-10(18(26)23-17(22)9-15(21)11-2-3-11)16-6-7-25(24-16)12-4-5-13(19)14(20)8-12/h4-11H,2-3,21H2,1H3,(H2,22,23,26)/b15-9-. The van der Waals surface area contributed by atoms with E-state index in [-0.39, 0.29) is 5.84 Å². The predicted octanol–water partition coefficient (Wildman–Crippen LogP) is 2.39. The number of nitrogens with zero attached hydrogens (tertiary/aromatic N) is 3. The molecule has 2 aromatic rings. The minimum Gasteiger partial charge on any atom is -0.402 e. The molecule has 1 fully saturated rings. The van der Waals surface area contributed by atoms with Gasteiger partial charge in [0.05, 0.1) is 17.3 Å². The Labute approximate surface area is 149 Å². The molecule has 3 rings (SSSR count). The van der Waals surface area contributed by atoms with Crippen LogP contribution in [0.2, 0.25) is 0 Å². The van der Waals surface area contributed by atoms with Gasteiger partial charge in [-0.25, -0.2) is 13.5 Å². The van der Waals surface area contributed by atoms with Crippen molar-refractivity contribution in [1.82, 2.24) is 9.78 Å². The van der Waals surface area contributed by atoms with E-state index in [4.69, 9.17) is 11.5 Å². The Morgan fingerprint density at radius 3 is 2.69 bits per heavy atom. The van der Waals surface area contributed by atoms with Gasteiger partial charge >= 0.3 is 0 Å². The van der Waals surface area contributed by atoms with E-state index >= 15 is 0 Å². The van der Waals surface area contributed by atoms with E-state index in [1.807, 2.05) is 0 Å². The van der Waals surface area contributed by atoms with Crippen LogP contribution in [-0.2, 0) is 4.79 Å². The molecule has 0 saturated heterocycles. The summed E-state index contributed by atoms with van der Waals surface area (Å²) in [5.41, 5.74) is 13.0. The number of carbonyl (C=O) groups excluding carboxylic acids is 1. The fourth-order valence-electron chi connectivity index (χ4n) is 2.43. The topological polar surface area (TPSA) is 99.3 Å². The number of hydrogen-bond donors (Lipinski definition) is 2. The number of halogens is 2. The zero-order valence-electron chi connectivity index (χ0n) is 14.2. The third-order valence-corrected chi connectivity index (χ3v) is 4.19. The summed E-state index contributed by atoms with van der Waals surface area (Å²) in [6.45, 7) is 1.64. The smallest absolute Gasteiger partial charge is 0.256 e. The van der Waals surface area contributed by atoms with Crippen LogP contribution in [0.3, 0.4) is 0 Å². The molecule has 1 atom stereocenters. The van der Waals surface area contributed by atoms with Gasteiger partial charge in [0, 0.05) is 18.0 Å². The van der Waals surface area contributed by atoms with Crippen LogP contribution in [0.4, 0.5) is 8.78 Å². The van der Waals surface area contributed by atoms with E-state index in [0.717, 1.165) is 25.0 Å². The van der Waals surface area contributed by atoms with Crippen molar-refractivity contribution in [2.45, 2.75) is 25.7 Å². The summed E-state index contributed by atoms with van der Waals surface area (Å²) < 4.78 is 27.7. The highest BCUT2D eigenvalue weighted by atomic mass is 19.2. The summed E-state index contributed by atoms with van der Waals surface area (Å²) >= 11 is 0. The van der Waals surface area contributed by atoms with E-state index < -0.39 is 23.5 Å². The molecule has 0 radical (unpaired) electrons. The van der Waals surface area contributed by atoms with E-state index in [9.17, 15) is 13.6 Å². The van der Waals surface area contributed by atoms with Crippen molar-refractivity contribution in [2.75, 3.05) is 0 Å². The van der Waals surface area contributed by atoms with Gasteiger partial charge in [0.2, 0.25) is 0 Å². The van der Waals surface area contributed by atoms with Crippen LogP contribution in [0, 0.1) is 17.6 Å². The van der Waals surface area contributed by atoms with Crippen molar-refractivity contribution in [3.05, 3.63) is 59.6 Å². The molecule has 26 heavy (non-hydrogen) atoms. The molecule has 1 unspecified atom stereocenters. The van der Waals surface area contributed by atoms with Gasteiger partial charge in [0.15, 0.2) is 11.6 Å². The Hall–Kier alpha value is -3.03. The monoisotopic (exact) mass is 359 g/mol. The first-order chi connectivity index (χ1) is 12.3. The largest absolute Gasteiger partial charge is 0.402 e. The molecule has 0 aliphatic heterocycles. The van der Waals surface area contributed by atoms with Gasteiger partial charge in [-0.2, -0.15) is 10.1 Å². The second kappa shape index (κ2) is 7.07. The summed E-state index contributed by atoms with van der Waals surface area (Å²) in [5.74, 6) is -2.61. The zero-order valence-corrected chi connectivity index (χ0v) is 14.2. The molecule has 6 nitrogen and oxygen atoms in total. The third kappa shape index (κ3) is 3.96. The van der Waals surface area contributed by atoms with Crippen LogP contribution in [0.25, 0.3) is 5.69 Å². The number of amides is 1. The number of aliphatic imine (C=N–C) groups is 1. The molecule has 4 N–H and O–H groups in total. The average molecular weight is 359 g/mol. The van der Waals surface area contributed by atoms with Crippen LogP contribution in [0.15, 0.2) is 47.2 Å². The number of carbonyl (C=O) groups is 1. The van der Waals surface area contributed by atoms with Crippen molar-refractivity contribution < 1.29 is 13.6 Å². The fraction of sp³-hybridized carbons (Fsp3) is 0.278. The molecular weight excluding hydrogens is 340 g/mol. The SMILES string of the molecule is CC(C(=O)N=C(N)/C=C(\N)C1CC1)c1ccn(-c2ccc(F)c(F)c2)n1. The molecule has 0 spiro atoms. The van der Waals surface area contributed by atoms with E-state index in [0.29, 0.717) is 23.0 Å². The highest BCUT2D eigenvalue weighted by Gasteiger charge is 2.24. The van der Waals surface area contributed by atoms with Crippen molar-refractivity contribution >= 4 is 11.7 Å². The van der Waals surface area contributed by atoms with Gasteiger partial charge in [-0.1, -0.05) is 0 Å². The van der Waals surface area contributed by atoms with E-state index in [1.54, 1.807) is 19.2 Å². The third-order valence-electron chi connectivity index (χ3n) is 4.19. The Kier molecular flexibility index (Phi) is 4.83. The molecule has 1 heterocycles. The molecule has 1 saturated carbocycles. The van der Waals surface area contributed by atoms with Crippen LogP contribution in [0.1, 0.15) is 31.4 Å². The molecule has 1 amide bonds. The molecule has 8 heteroatoms. The molecule has 1 aliphatic carbocycles. The van der Waals surface area contributed by atoms with Crippen molar-refractivity contribution in [1.29, 1.82) is 0 Å². The predicted molar refractivity (Wildman–Crippen MR) is 93.5 cm³/mol. The summed E-state index contributed by atoms with van der Waals surface area (Å²) in [6, 6.07) is 5.05. The second-order valence-electron chi connectivity index (χ2n) is 6.30. The number of nitrogens with two attached hydrogens (primary N) is 2. The van der Waals surface area contributed by atoms with Crippen molar-refractivity contribution in [2.24, 2.45) is 22.4 Å². The Morgan fingerprint density at radius 1 is 1.31 bits per heavy atom. The van der Waals surface area contributed by atoms with E-state index in [1.165, 1.54) is 16.8 Å². The number of amidine groups is 1. The van der Waals surface area contributed by atoms with Crippen LogP contribution < -0.4 is 11.5 Å². The molecular formula is C18H19F2N5O. The Balaban J connectivity index is 1.74. The molecule has 1 aromatic heterocycles. The van der Waals surface area contributed by atoms with Crippen molar-refractivity contribution in [3.63, 3.8) is 0 Å². The number of hydrogen-bond acceptors (Lipinski definition) is 3. The van der Waals surface area contributed by atoms with E-state index in [2.05, 4.69) is 10.1 Å². The lowest BCUT2D eigenvalue weighted by Gasteiger charge is -2.05. The fourth-order valence-corrected chi connectivity index (χ4v) is 2.43. The Bertz CT molecular complexity index is 899. The molecule has 0 bridgehead atoms. The first kappa shape index (κ1) is 17.8. The highest BCUT2D eigenvalue weighted by Crippen LogP contribution is 2.33. The molecule has 1 aromatic carbocycles. The summed E-state index contributed by atoms with van der Waals surface area (Å²) in [6.07, 6.45) is 5.13. The zero-order chi connectivity index (χ0) is 18.8. The number of benzene rings is 1. The van der Waals surface area contributed by atoms with Gasteiger partial charge < -0.3 is 11.5 Å².